The second-order valence-electron chi connectivity index (χ2n) is 26.2. The van der Waals surface area contributed by atoms with E-state index in [1.165, 1.54) is 15.7 Å². The lowest BCUT2D eigenvalue weighted by Gasteiger charge is -2.27. The Bertz CT molecular complexity index is 3730. The molecule has 3 amide bonds. The molecule has 12 rings (SSSR count). The number of likely N-dealkylation sites (tertiary alicyclic amines) is 3. The molecule has 3 atom stereocenters. The molecule has 9 aromatic rings. The molecule has 3 saturated heterocycles. The summed E-state index contributed by atoms with van der Waals surface area (Å²) in [7, 11) is 0. The van der Waals surface area contributed by atoms with Crippen LogP contribution in [0.5, 0.6) is 0 Å². The van der Waals surface area contributed by atoms with E-state index in [0.717, 1.165) is 134 Å². The number of rotatable bonds is 9. The van der Waals surface area contributed by atoms with Crippen molar-refractivity contribution in [3.05, 3.63) is 173 Å². The Hall–Kier alpha value is -8.24. The summed E-state index contributed by atoms with van der Waals surface area (Å²) in [5.74, 6) is 4.78. The van der Waals surface area contributed by atoms with Gasteiger partial charge in [-0.15, -0.1) is 0 Å². The first-order chi connectivity index (χ1) is 42.5. The zero-order chi connectivity index (χ0) is 63.9. The van der Waals surface area contributed by atoms with Crippen molar-refractivity contribution in [1.29, 1.82) is 0 Å². The van der Waals surface area contributed by atoms with Gasteiger partial charge in [-0.3, -0.25) is 14.7 Å². The van der Waals surface area contributed by atoms with Crippen molar-refractivity contribution < 1.29 is 29.0 Å². The van der Waals surface area contributed by atoms with Crippen LogP contribution in [0, 0.1) is 17.8 Å². The molecule has 6 aromatic carbocycles. The van der Waals surface area contributed by atoms with Crippen LogP contribution in [-0.4, -0.2) is 93.2 Å². The average molecular weight is 1270 g/mol. The molecule has 0 bridgehead atoms. The molecule has 3 aromatic heterocycles. The molecular formula is C73H90BrN9O6. The first-order valence-corrected chi connectivity index (χ1v) is 32.2. The minimum absolute atomic E-state index is 0.0694. The quantitative estimate of drug-likeness (QED) is 0.109. The van der Waals surface area contributed by atoms with Gasteiger partial charge in [0.05, 0.1) is 53.8 Å². The molecule has 89 heavy (non-hydrogen) atoms. The molecule has 0 aliphatic carbocycles. The van der Waals surface area contributed by atoms with Crippen molar-refractivity contribution in [3.8, 4) is 44.9 Å². The van der Waals surface area contributed by atoms with Crippen LogP contribution in [0.15, 0.2) is 150 Å². The Kier molecular flexibility index (Phi) is 23.1. The molecule has 0 radical (unpaired) electrons. The van der Waals surface area contributed by atoms with Gasteiger partial charge in [0.25, 0.3) is 0 Å². The van der Waals surface area contributed by atoms with E-state index in [1.54, 1.807) is 16.0 Å². The number of benzene rings is 6. The SMILES string of the molecule is CC(C)(C)OC(=O)N1CCCC1c1ncc(-c2ccc3cc(Br)ccc3c2)[nH]1.CC(C)C.CC(C)C.CC(C)C.O=C(O)N1CCCC1c1ncc(-c2ccc3cc(-c4ccc(-c5cnc(C6CCCN6C(=O)OCc6ccccc6)[nH]5)cc4)ccc3c2)[nH]1. The van der Waals surface area contributed by atoms with Crippen molar-refractivity contribution in [2.75, 3.05) is 19.6 Å². The molecule has 6 heterocycles. The molecule has 3 fully saturated rings. The molecular weight excluding hydrogens is 1180 g/mol. The Morgan fingerprint density at radius 1 is 0.506 bits per heavy atom. The van der Waals surface area contributed by atoms with Crippen LogP contribution in [0.3, 0.4) is 0 Å². The number of carbonyl (C=O) groups is 3. The monoisotopic (exact) mass is 1270 g/mol. The van der Waals surface area contributed by atoms with Crippen LogP contribution in [0.25, 0.3) is 66.4 Å². The van der Waals surface area contributed by atoms with Crippen LogP contribution in [-0.2, 0) is 16.1 Å². The molecule has 0 saturated carbocycles. The molecule has 16 heteroatoms. The second-order valence-corrected chi connectivity index (χ2v) is 27.1. The number of fused-ring (bicyclic) bond motifs is 2. The number of nitrogens with zero attached hydrogens (tertiary/aromatic N) is 6. The van der Waals surface area contributed by atoms with Gasteiger partial charge in [-0.25, -0.2) is 29.3 Å². The Balaban J connectivity index is 0.000000215. The van der Waals surface area contributed by atoms with E-state index in [9.17, 15) is 19.5 Å². The third kappa shape index (κ3) is 18.7. The Morgan fingerprint density at radius 3 is 1.34 bits per heavy atom. The zero-order valence-electron chi connectivity index (χ0n) is 53.9. The molecule has 3 unspecified atom stereocenters. The maximum Gasteiger partial charge on any atom is 0.410 e. The van der Waals surface area contributed by atoms with Crippen molar-refractivity contribution in [3.63, 3.8) is 0 Å². The molecule has 470 valence electrons. The third-order valence-electron chi connectivity index (χ3n) is 14.6. The number of hydrogen-bond acceptors (Lipinski definition) is 8. The van der Waals surface area contributed by atoms with Gasteiger partial charge in [0.15, 0.2) is 0 Å². The fourth-order valence-corrected chi connectivity index (χ4v) is 11.1. The van der Waals surface area contributed by atoms with Crippen LogP contribution in [0.2, 0.25) is 0 Å². The highest BCUT2D eigenvalue weighted by molar-refractivity contribution is 9.10. The summed E-state index contributed by atoms with van der Waals surface area (Å²) in [5, 5.41) is 14.1. The number of carboxylic acid groups (broad SMARTS) is 1. The number of hydrogen-bond donors (Lipinski definition) is 4. The van der Waals surface area contributed by atoms with E-state index in [-0.39, 0.29) is 36.9 Å². The molecule has 3 aliphatic rings. The summed E-state index contributed by atoms with van der Waals surface area (Å²) < 4.78 is 12.2. The normalized spacial score (nSPS) is 16.3. The first-order valence-electron chi connectivity index (χ1n) is 31.5. The van der Waals surface area contributed by atoms with E-state index in [2.05, 4.69) is 199 Å². The van der Waals surface area contributed by atoms with Gasteiger partial charge in [0.1, 0.15) is 29.7 Å². The smallest absolute Gasteiger partial charge is 0.410 e. The summed E-state index contributed by atoms with van der Waals surface area (Å²) in [6.07, 6.45) is 9.17. The van der Waals surface area contributed by atoms with Gasteiger partial charge in [0.2, 0.25) is 0 Å². The van der Waals surface area contributed by atoms with E-state index < -0.39 is 11.7 Å². The molecule has 4 N–H and O–H groups in total. The predicted octanol–water partition coefficient (Wildman–Crippen LogP) is 19.6. The highest BCUT2D eigenvalue weighted by Crippen LogP contribution is 2.37. The summed E-state index contributed by atoms with van der Waals surface area (Å²) in [5.41, 5.74) is 8.53. The van der Waals surface area contributed by atoms with Crippen LogP contribution in [0.1, 0.15) is 163 Å². The summed E-state index contributed by atoms with van der Waals surface area (Å²) in [6, 6.07) is 43.0. The van der Waals surface area contributed by atoms with Crippen LogP contribution >= 0.6 is 15.9 Å². The standard InChI is InChI=1S/C39H36N6O4.C22H24BrN3O2.3C4H10/c46-38(47)44-18-4-8-34(44)36-41-23-33(43-36)31-17-16-29-20-28(14-15-30(29)21-31)26-10-12-27(13-11-26)32-22-40-37(42-32)35-9-5-19-45(35)39(48)49-24-25-6-2-1-3-7-25;1-22(2,3)28-21(27)26-10-4-5-19(26)20-24-13-18(25-20)16-7-6-15-12-17(23)9-8-14(15)11-16;3*1-4(2)3/h1-3,6-7,10-17,20-23,34-35H,4-5,8-9,18-19,24H2,(H,40,42)(H,41,43)(H,46,47);6-9,11-13,19H,4-5,10H2,1-3H3,(H,24,25);3*4H,1-3H3. The van der Waals surface area contributed by atoms with Crippen molar-refractivity contribution in [2.45, 2.75) is 152 Å². The lowest BCUT2D eigenvalue weighted by molar-refractivity contribution is 0.0218. The Labute approximate surface area is 534 Å². The number of halogens is 1. The van der Waals surface area contributed by atoms with Gasteiger partial charge in [0, 0.05) is 35.2 Å². The van der Waals surface area contributed by atoms with Gasteiger partial charge >= 0.3 is 18.3 Å². The maximum atomic E-state index is 12.9. The number of carbonyl (C=O) groups excluding carboxylic acids is 2. The highest BCUT2D eigenvalue weighted by Gasteiger charge is 2.36. The third-order valence-corrected chi connectivity index (χ3v) is 15.1. The summed E-state index contributed by atoms with van der Waals surface area (Å²) in [6.45, 7) is 27.3. The van der Waals surface area contributed by atoms with E-state index in [1.807, 2.05) is 69.6 Å². The van der Waals surface area contributed by atoms with Crippen LogP contribution < -0.4 is 0 Å². The molecule has 0 spiro atoms. The first kappa shape index (κ1) is 66.7. The number of aromatic amines is 3. The minimum atomic E-state index is -0.904. The van der Waals surface area contributed by atoms with Gasteiger partial charge in [-0.1, -0.05) is 175 Å². The molecule has 15 nitrogen and oxygen atoms in total. The number of H-pyrrole nitrogens is 3. The minimum Gasteiger partial charge on any atom is -0.465 e. The highest BCUT2D eigenvalue weighted by atomic mass is 79.9. The maximum absolute atomic E-state index is 12.9. The number of imidazole rings is 3. The number of amides is 3. The Morgan fingerprint density at radius 2 is 0.876 bits per heavy atom. The van der Waals surface area contributed by atoms with E-state index in [0.29, 0.717) is 25.5 Å². The summed E-state index contributed by atoms with van der Waals surface area (Å²) in [4.78, 5) is 66.1. The van der Waals surface area contributed by atoms with Gasteiger partial charge < -0.3 is 29.5 Å². The topological polar surface area (TPSA) is 186 Å². The van der Waals surface area contributed by atoms with Crippen LogP contribution in [0.4, 0.5) is 14.4 Å². The van der Waals surface area contributed by atoms with Crippen molar-refractivity contribution in [1.82, 2.24) is 44.6 Å². The fraction of sp³-hybridized carbons (Fsp3) is 0.397. The van der Waals surface area contributed by atoms with Crippen molar-refractivity contribution >= 4 is 55.8 Å². The van der Waals surface area contributed by atoms with E-state index in [4.69, 9.17) is 9.47 Å². The fourth-order valence-electron chi connectivity index (χ4n) is 10.7. The second kappa shape index (κ2) is 30.8. The van der Waals surface area contributed by atoms with Gasteiger partial charge in [-0.2, -0.15) is 0 Å². The number of nitrogens with one attached hydrogen (secondary N) is 3. The zero-order valence-corrected chi connectivity index (χ0v) is 55.5. The lowest BCUT2D eigenvalue weighted by Crippen LogP contribution is -2.36. The number of ether oxygens (including phenoxy) is 2. The lowest BCUT2D eigenvalue weighted by atomic mass is 9.98. The van der Waals surface area contributed by atoms with E-state index >= 15 is 0 Å². The summed E-state index contributed by atoms with van der Waals surface area (Å²) >= 11 is 3.51. The average Bonchev–Trinajstić information content (AvgIpc) is 4.03. The predicted molar refractivity (Wildman–Crippen MR) is 362 cm³/mol. The molecule has 3 aliphatic heterocycles. The largest absolute Gasteiger partial charge is 0.465 e. The number of aromatic nitrogens is 6. The van der Waals surface area contributed by atoms with Crippen molar-refractivity contribution in [2.24, 2.45) is 17.8 Å². The van der Waals surface area contributed by atoms with Gasteiger partial charge in [-0.05, 0) is 151 Å².